The number of carbonyl (C=O) groups is 1. The van der Waals surface area contributed by atoms with Crippen LogP contribution in [0.1, 0.15) is 29.8 Å². The minimum Gasteiger partial charge on any atom is -0.348 e. The molecule has 1 aromatic carbocycles. The van der Waals surface area contributed by atoms with Crippen LogP contribution in [0.3, 0.4) is 0 Å². The highest BCUT2D eigenvalue weighted by Gasteiger charge is 2.19. The maximum atomic E-state index is 13.7. The Balaban J connectivity index is 2.81. The van der Waals surface area contributed by atoms with Gasteiger partial charge in [0.15, 0.2) is 0 Å². The summed E-state index contributed by atoms with van der Waals surface area (Å²) in [7, 11) is 3.90. The Bertz CT molecular complexity index is 444. The van der Waals surface area contributed by atoms with Crippen LogP contribution in [0.5, 0.6) is 0 Å². The molecule has 1 N–H and O–H groups in total. The molecule has 0 radical (unpaired) electrons. The van der Waals surface area contributed by atoms with E-state index in [0.717, 1.165) is 12.1 Å². The predicted octanol–water partition coefficient (Wildman–Crippen LogP) is 2.45. The molecule has 0 heterocycles. The third-order valence-corrected chi connectivity index (χ3v) is 3.05. The standard InChI is InChI=1S/C15H23FN2O/c1-10(2)14(9-18(4)5)17-15(19)12-7-6-11(3)8-13(12)16/h6-8,10,14H,9H2,1-5H3,(H,17,19). The van der Waals surface area contributed by atoms with Gasteiger partial charge in [0.1, 0.15) is 5.82 Å². The number of hydrogen-bond acceptors (Lipinski definition) is 2. The lowest BCUT2D eigenvalue weighted by molar-refractivity contribution is 0.0912. The Morgan fingerprint density at radius 2 is 2.00 bits per heavy atom. The third kappa shape index (κ3) is 4.63. The van der Waals surface area contributed by atoms with Crippen LogP contribution in [0.4, 0.5) is 4.39 Å². The van der Waals surface area contributed by atoms with E-state index < -0.39 is 5.82 Å². The molecule has 1 aromatic rings. The monoisotopic (exact) mass is 266 g/mol. The number of nitrogens with one attached hydrogen (secondary N) is 1. The molecule has 0 saturated carbocycles. The number of hydrogen-bond donors (Lipinski definition) is 1. The molecule has 0 aliphatic heterocycles. The Morgan fingerprint density at radius 1 is 1.37 bits per heavy atom. The molecule has 3 nitrogen and oxygen atoms in total. The first kappa shape index (κ1) is 15.6. The Hall–Kier alpha value is -1.42. The van der Waals surface area contributed by atoms with Crippen molar-refractivity contribution in [1.29, 1.82) is 0 Å². The SMILES string of the molecule is Cc1ccc(C(=O)NC(CN(C)C)C(C)C)c(F)c1. The van der Waals surface area contributed by atoms with Crippen LogP contribution in [0.15, 0.2) is 18.2 Å². The molecule has 0 aliphatic rings. The quantitative estimate of drug-likeness (QED) is 0.888. The molecule has 0 aliphatic carbocycles. The summed E-state index contributed by atoms with van der Waals surface area (Å²) in [6.45, 7) is 6.62. The zero-order valence-electron chi connectivity index (χ0n) is 12.3. The fourth-order valence-corrected chi connectivity index (χ4v) is 1.87. The molecule has 0 spiro atoms. The first-order valence-corrected chi connectivity index (χ1v) is 6.53. The van der Waals surface area contributed by atoms with E-state index in [-0.39, 0.29) is 17.5 Å². The second-order valence-corrected chi connectivity index (χ2v) is 5.57. The summed E-state index contributed by atoms with van der Waals surface area (Å²) in [5.41, 5.74) is 0.915. The molecule has 1 amide bonds. The van der Waals surface area contributed by atoms with Gasteiger partial charge >= 0.3 is 0 Å². The number of likely N-dealkylation sites (N-methyl/N-ethyl adjacent to an activating group) is 1. The van der Waals surface area contributed by atoms with Crippen molar-refractivity contribution in [2.75, 3.05) is 20.6 Å². The minimum absolute atomic E-state index is 0.00297. The van der Waals surface area contributed by atoms with Crippen molar-refractivity contribution in [2.45, 2.75) is 26.8 Å². The van der Waals surface area contributed by atoms with Gasteiger partial charge < -0.3 is 10.2 Å². The first-order valence-electron chi connectivity index (χ1n) is 6.53. The van der Waals surface area contributed by atoms with E-state index in [1.54, 1.807) is 13.0 Å². The van der Waals surface area contributed by atoms with Crippen molar-refractivity contribution in [2.24, 2.45) is 5.92 Å². The highest BCUT2D eigenvalue weighted by atomic mass is 19.1. The Kier molecular flexibility index (Phi) is 5.48. The van der Waals surface area contributed by atoms with Gasteiger partial charge in [-0.1, -0.05) is 19.9 Å². The zero-order valence-corrected chi connectivity index (χ0v) is 12.3. The Morgan fingerprint density at radius 3 is 2.47 bits per heavy atom. The van der Waals surface area contributed by atoms with Gasteiger partial charge in [-0.2, -0.15) is 0 Å². The summed E-state index contributed by atoms with van der Waals surface area (Å²) in [5.74, 6) is -0.525. The summed E-state index contributed by atoms with van der Waals surface area (Å²) in [6.07, 6.45) is 0. The van der Waals surface area contributed by atoms with Crippen LogP contribution >= 0.6 is 0 Å². The van der Waals surface area contributed by atoms with Crippen LogP contribution < -0.4 is 5.32 Å². The highest BCUT2D eigenvalue weighted by molar-refractivity contribution is 5.94. The molecule has 0 aromatic heterocycles. The van der Waals surface area contributed by atoms with Crippen LogP contribution in [0.2, 0.25) is 0 Å². The number of benzene rings is 1. The second-order valence-electron chi connectivity index (χ2n) is 5.57. The highest BCUT2D eigenvalue weighted by Crippen LogP contribution is 2.11. The smallest absolute Gasteiger partial charge is 0.254 e. The van der Waals surface area contributed by atoms with E-state index in [1.165, 1.54) is 12.1 Å². The molecule has 4 heteroatoms. The Labute approximate surface area is 114 Å². The summed E-state index contributed by atoms with van der Waals surface area (Å²) in [5, 5.41) is 2.90. The molecule has 1 rings (SSSR count). The third-order valence-electron chi connectivity index (χ3n) is 3.05. The van der Waals surface area contributed by atoms with Gasteiger partial charge in [-0.3, -0.25) is 4.79 Å². The lowest BCUT2D eigenvalue weighted by Gasteiger charge is -2.25. The molecule has 1 unspecified atom stereocenters. The fraction of sp³-hybridized carbons (Fsp3) is 0.533. The molecule has 106 valence electrons. The molecule has 19 heavy (non-hydrogen) atoms. The maximum absolute atomic E-state index is 13.7. The van der Waals surface area contributed by atoms with Gasteiger partial charge in [0.05, 0.1) is 5.56 Å². The lowest BCUT2D eigenvalue weighted by Crippen LogP contribution is -2.45. The molecule has 0 saturated heterocycles. The number of aryl methyl sites for hydroxylation is 1. The summed E-state index contributed by atoms with van der Waals surface area (Å²) in [4.78, 5) is 14.1. The van der Waals surface area contributed by atoms with E-state index in [9.17, 15) is 9.18 Å². The van der Waals surface area contributed by atoms with Crippen molar-refractivity contribution in [3.63, 3.8) is 0 Å². The molecular weight excluding hydrogens is 243 g/mol. The van der Waals surface area contributed by atoms with E-state index in [1.807, 2.05) is 32.8 Å². The summed E-state index contributed by atoms with van der Waals surface area (Å²) in [6, 6.07) is 4.66. The van der Waals surface area contributed by atoms with Crippen molar-refractivity contribution < 1.29 is 9.18 Å². The minimum atomic E-state index is -0.468. The molecular formula is C15H23FN2O. The van der Waals surface area contributed by atoms with Crippen molar-refractivity contribution in [3.05, 3.63) is 35.1 Å². The van der Waals surface area contributed by atoms with Gasteiger partial charge in [0.2, 0.25) is 0 Å². The van der Waals surface area contributed by atoms with E-state index in [2.05, 4.69) is 5.32 Å². The zero-order chi connectivity index (χ0) is 14.6. The number of amides is 1. The van der Waals surface area contributed by atoms with Crippen molar-refractivity contribution >= 4 is 5.91 Å². The molecule has 0 bridgehead atoms. The molecule has 0 fully saturated rings. The molecule has 1 atom stereocenters. The average molecular weight is 266 g/mol. The van der Waals surface area contributed by atoms with E-state index in [4.69, 9.17) is 0 Å². The van der Waals surface area contributed by atoms with Gasteiger partial charge in [-0.15, -0.1) is 0 Å². The van der Waals surface area contributed by atoms with E-state index >= 15 is 0 Å². The van der Waals surface area contributed by atoms with Gasteiger partial charge in [0, 0.05) is 12.6 Å². The van der Waals surface area contributed by atoms with Gasteiger partial charge in [-0.25, -0.2) is 4.39 Å². The van der Waals surface area contributed by atoms with Crippen molar-refractivity contribution in [3.8, 4) is 0 Å². The largest absolute Gasteiger partial charge is 0.348 e. The average Bonchev–Trinajstić information content (AvgIpc) is 2.26. The number of halogens is 1. The summed E-state index contributed by atoms with van der Waals surface area (Å²) < 4.78 is 13.7. The fourth-order valence-electron chi connectivity index (χ4n) is 1.87. The van der Waals surface area contributed by atoms with Gasteiger partial charge in [0.25, 0.3) is 5.91 Å². The van der Waals surface area contributed by atoms with Gasteiger partial charge in [-0.05, 0) is 44.6 Å². The first-order chi connectivity index (χ1) is 8.81. The van der Waals surface area contributed by atoms with Crippen LogP contribution in [-0.4, -0.2) is 37.5 Å². The number of rotatable bonds is 5. The number of nitrogens with zero attached hydrogens (tertiary/aromatic N) is 1. The topological polar surface area (TPSA) is 32.3 Å². The van der Waals surface area contributed by atoms with E-state index in [0.29, 0.717) is 5.92 Å². The number of carbonyl (C=O) groups excluding carboxylic acids is 1. The maximum Gasteiger partial charge on any atom is 0.254 e. The second kappa shape index (κ2) is 6.66. The van der Waals surface area contributed by atoms with Crippen LogP contribution in [0, 0.1) is 18.7 Å². The lowest BCUT2D eigenvalue weighted by atomic mass is 10.0. The summed E-state index contributed by atoms with van der Waals surface area (Å²) >= 11 is 0. The normalized spacial score (nSPS) is 12.8. The van der Waals surface area contributed by atoms with Crippen LogP contribution in [-0.2, 0) is 0 Å². The van der Waals surface area contributed by atoms with Crippen molar-refractivity contribution in [1.82, 2.24) is 10.2 Å². The van der Waals surface area contributed by atoms with Crippen LogP contribution in [0.25, 0.3) is 0 Å². The predicted molar refractivity (Wildman–Crippen MR) is 75.8 cm³/mol.